The minimum atomic E-state index is -0.219. The highest BCUT2D eigenvalue weighted by Crippen LogP contribution is 2.26. The average molecular weight is 368 g/mol. The number of rotatable bonds is 6. The topological polar surface area (TPSA) is 12.5 Å². The number of piperidine rings is 1. The van der Waals surface area contributed by atoms with E-state index in [4.69, 9.17) is 4.74 Å². The van der Waals surface area contributed by atoms with Crippen LogP contribution in [0.4, 0.5) is 4.39 Å². The molecule has 4 rings (SSSR count). The zero-order valence-corrected chi connectivity index (χ0v) is 16.1. The third kappa shape index (κ3) is 5.10. The average Bonchev–Trinajstić information content (AvgIpc) is 2.71. The van der Waals surface area contributed by atoms with Crippen LogP contribution in [0.15, 0.2) is 42.5 Å². The lowest BCUT2D eigenvalue weighted by Gasteiger charge is -2.32. The van der Waals surface area contributed by atoms with Gasteiger partial charge in [0, 0.05) is 6.54 Å². The second-order valence-electron chi connectivity index (χ2n) is 8.10. The Kier molecular flexibility index (Phi) is 6.08. The molecule has 1 fully saturated rings. The van der Waals surface area contributed by atoms with Crippen LogP contribution in [0.3, 0.4) is 0 Å². The predicted octanol–water partition coefficient (Wildman–Crippen LogP) is 5.04. The molecule has 0 aromatic heterocycles. The van der Waals surface area contributed by atoms with E-state index in [1.165, 1.54) is 62.6 Å². The summed E-state index contributed by atoms with van der Waals surface area (Å²) in [5, 5.41) is 0. The van der Waals surface area contributed by atoms with Gasteiger partial charge in [-0.15, -0.1) is 0 Å². The summed E-state index contributed by atoms with van der Waals surface area (Å²) in [6, 6.07) is 13.5. The van der Waals surface area contributed by atoms with Gasteiger partial charge < -0.3 is 4.74 Å². The summed E-state index contributed by atoms with van der Waals surface area (Å²) in [7, 11) is 0. The van der Waals surface area contributed by atoms with E-state index in [0.717, 1.165) is 31.3 Å². The van der Waals surface area contributed by atoms with Crippen LogP contribution < -0.4 is 4.74 Å². The standard InChI is InChI=1S/C24H30FNO/c25-23-7-9-24(10-8-23)27-16-15-26-13-11-19(12-14-26)17-20-5-6-21-3-1-2-4-22(21)18-20/h5-10,18-19H,1-4,11-17H2. The zero-order chi connectivity index (χ0) is 18.5. The van der Waals surface area contributed by atoms with Gasteiger partial charge >= 0.3 is 0 Å². The second kappa shape index (κ2) is 8.88. The SMILES string of the molecule is Fc1ccc(OCCN2CCC(Cc3ccc4c(c3)CCCC4)CC2)cc1. The molecule has 1 aliphatic carbocycles. The lowest BCUT2D eigenvalue weighted by Crippen LogP contribution is -2.37. The number of aryl methyl sites for hydroxylation is 2. The molecule has 1 saturated heterocycles. The highest BCUT2D eigenvalue weighted by Gasteiger charge is 2.20. The molecule has 27 heavy (non-hydrogen) atoms. The Labute approximate surface area is 162 Å². The maximum atomic E-state index is 12.9. The largest absolute Gasteiger partial charge is 0.492 e. The van der Waals surface area contributed by atoms with Crippen molar-refractivity contribution in [2.24, 2.45) is 5.92 Å². The fourth-order valence-corrected chi connectivity index (χ4v) is 4.48. The van der Waals surface area contributed by atoms with E-state index in [-0.39, 0.29) is 5.82 Å². The first kappa shape index (κ1) is 18.5. The second-order valence-corrected chi connectivity index (χ2v) is 8.10. The molecule has 0 atom stereocenters. The fraction of sp³-hybridized carbons (Fsp3) is 0.500. The van der Waals surface area contributed by atoms with Gasteiger partial charge in [-0.3, -0.25) is 4.90 Å². The Morgan fingerprint density at radius 2 is 1.67 bits per heavy atom. The van der Waals surface area contributed by atoms with Gasteiger partial charge in [-0.05, 0) is 105 Å². The van der Waals surface area contributed by atoms with Crippen molar-refractivity contribution in [1.82, 2.24) is 4.90 Å². The van der Waals surface area contributed by atoms with E-state index in [0.29, 0.717) is 6.61 Å². The highest BCUT2D eigenvalue weighted by molar-refractivity contribution is 5.34. The number of hydrogen-bond acceptors (Lipinski definition) is 2. The van der Waals surface area contributed by atoms with E-state index in [9.17, 15) is 4.39 Å². The molecule has 0 spiro atoms. The van der Waals surface area contributed by atoms with E-state index < -0.39 is 0 Å². The summed E-state index contributed by atoms with van der Waals surface area (Å²) >= 11 is 0. The van der Waals surface area contributed by atoms with Crippen LogP contribution in [0.2, 0.25) is 0 Å². The number of fused-ring (bicyclic) bond motifs is 1. The molecule has 0 bridgehead atoms. The van der Waals surface area contributed by atoms with Gasteiger partial charge in [-0.2, -0.15) is 0 Å². The predicted molar refractivity (Wildman–Crippen MR) is 108 cm³/mol. The van der Waals surface area contributed by atoms with Crippen LogP contribution in [0.5, 0.6) is 5.75 Å². The maximum absolute atomic E-state index is 12.9. The summed E-state index contributed by atoms with van der Waals surface area (Å²) in [4.78, 5) is 2.49. The number of nitrogens with zero attached hydrogens (tertiary/aromatic N) is 1. The molecule has 2 aromatic rings. The summed E-state index contributed by atoms with van der Waals surface area (Å²) < 4.78 is 18.6. The Morgan fingerprint density at radius 3 is 2.44 bits per heavy atom. The number of likely N-dealkylation sites (tertiary alicyclic amines) is 1. The van der Waals surface area contributed by atoms with E-state index in [2.05, 4.69) is 23.1 Å². The number of halogens is 1. The Hall–Kier alpha value is -1.87. The minimum Gasteiger partial charge on any atom is -0.492 e. The lowest BCUT2D eigenvalue weighted by atomic mass is 9.86. The van der Waals surface area contributed by atoms with Gasteiger partial charge in [0.15, 0.2) is 0 Å². The van der Waals surface area contributed by atoms with Crippen LogP contribution >= 0.6 is 0 Å². The molecule has 0 unspecified atom stereocenters. The van der Waals surface area contributed by atoms with Crippen LogP contribution in [-0.2, 0) is 19.3 Å². The summed E-state index contributed by atoms with van der Waals surface area (Å²) in [6.07, 6.45) is 9.03. The normalized spacial score (nSPS) is 18.3. The first-order chi connectivity index (χ1) is 13.3. The molecule has 1 aliphatic heterocycles. The number of benzene rings is 2. The molecule has 0 saturated carbocycles. The highest BCUT2D eigenvalue weighted by atomic mass is 19.1. The van der Waals surface area contributed by atoms with Crippen molar-refractivity contribution in [3.63, 3.8) is 0 Å². The molecule has 2 nitrogen and oxygen atoms in total. The van der Waals surface area contributed by atoms with Crippen LogP contribution in [0.1, 0.15) is 42.4 Å². The van der Waals surface area contributed by atoms with Crippen molar-refractivity contribution < 1.29 is 9.13 Å². The minimum absolute atomic E-state index is 0.219. The van der Waals surface area contributed by atoms with Crippen molar-refractivity contribution in [3.05, 3.63) is 65.0 Å². The monoisotopic (exact) mass is 367 g/mol. The molecule has 0 amide bonds. The smallest absolute Gasteiger partial charge is 0.123 e. The van der Waals surface area contributed by atoms with Gasteiger partial charge in [0.05, 0.1) is 0 Å². The lowest BCUT2D eigenvalue weighted by molar-refractivity contribution is 0.155. The van der Waals surface area contributed by atoms with Gasteiger partial charge in [-0.1, -0.05) is 18.2 Å². The molecule has 0 N–H and O–H groups in total. The van der Waals surface area contributed by atoms with Crippen molar-refractivity contribution in [2.45, 2.75) is 44.9 Å². The first-order valence-corrected chi connectivity index (χ1v) is 10.5. The zero-order valence-electron chi connectivity index (χ0n) is 16.1. The fourth-order valence-electron chi connectivity index (χ4n) is 4.48. The van der Waals surface area contributed by atoms with E-state index in [1.807, 2.05) is 0 Å². The third-order valence-electron chi connectivity index (χ3n) is 6.13. The number of hydrogen-bond donors (Lipinski definition) is 0. The summed E-state index contributed by atoms with van der Waals surface area (Å²) in [5.74, 6) is 1.34. The Morgan fingerprint density at radius 1 is 0.926 bits per heavy atom. The maximum Gasteiger partial charge on any atom is 0.123 e. The number of ether oxygens (including phenoxy) is 1. The molecule has 1 heterocycles. The van der Waals surface area contributed by atoms with E-state index in [1.54, 1.807) is 23.3 Å². The van der Waals surface area contributed by atoms with Gasteiger partial charge in [0.2, 0.25) is 0 Å². The van der Waals surface area contributed by atoms with E-state index >= 15 is 0 Å². The van der Waals surface area contributed by atoms with Crippen molar-refractivity contribution in [1.29, 1.82) is 0 Å². The molecule has 0 radical (unpaired) electrons. The van der Waals surface area contributed by atoms with Gasteiger partial charge in [0.25, 0.3) is 0 Å². The molecule has 3 heteroatoms. The Bertz CT molecular complexity index is 735. The van der Waals surface area contributed by atoms with Crippen molar-refractivity contribution in [3.8, 4) is 5.75 Å². The van der Waals surface area contributed by atoms with Gasteiger partial charge in [0.1, 0.15) is 18.2 Å². The van der Waals surface area contributed by atoms with Crippen LogP contribution in [0.25, 0.3) is 0 Å². The Balaban J connectivity index is 1.19. The molecule has 144 valence electrons. The quantitative estimate of drug-likeness (QED) is 0.709. The molecular formula is C24H30FNO. The van der Waals surface area contributed by atoms with Gasteiger partial charge in [-0.25, -0.2) is 4.39 Å². The van der Waals surface area contributed by atoms with Crippen molar-refractivity contribution >= 4 is 0 Å². The van der Waals surface area contributed by atoms with Crippen molar-refractivity contribution in [2.75, 3.05) is 26.2 Å². The van der Waals surface area contributed by atoms with Crippen LogP contribution in [0, 0.1) is 11.7 Å². The summed E-state index contributed by atoms with van der Waals surface area (Å²) in [5.41, 5.74) is 4.73. The third-order valence-corrected chi connectivity index (χ3v) is 6.13. The summed E-state index contributed by atoms with van der Waals surface area (Å²) in [6.45, 7) is 3.93. The molecule has 2 aliphatic rings. The van der Waals surface area contributed by atoms with Crippen LogP contribution in [-0.4, -0.2) is 31.1 Å². The first-order valence-electron chi connectivity index (χ1n) is 10.5. The molecule has 2 aromatic carbocycles. The molecular weight excluding hydrogens is 337 g/mol.